The van der Waals surface area contributed by atoms with Gasteiger partial charge in [0.05, 0.1) is 0 Å². The highest BCUT2D eigenvalue weighted by Crippen LogP contribution is 2.32. The van der Waals surface area contributed by atoms with Crippen LogP contribution in [0, 0.1) is 5.82 Å². The second-order valence-corrected chi connectivity index (χ2v) is 7.94. The second kappa shape index (κ2) is 6.94. The standard InChI is InChI=1S/C26H24FN/c1-18-5-11-24-20(15-18)16-21-17-23(28-13-3-2-4-14-28)10-12-25(21)26(24)19-6-8-22(27)9-7-19/h5-12,15,17H,1-4,13-14,16H2. The molecule has 5 rings (SSSR count). The van der Waals surface area contributed by atoms with Gasteiger partial charge in [0.25, 0.3) is 0 Å². The Hall–Kier alpha value is -2.87. The van der Waals surface area contributed by atoms with Crippen LogP contribution in [0.4, 0.5) is 10.1 Å². The number of rotatable bonds is 2. The smallest absolute Gasteiger partial charge is 0.123 e. The summed E-state index contributed by atoms with van der Waals surface area (Å²) in [5, 5.41) is 2.27. The van der Waals surface area contributed by atoms with E-state index in [2.05, 4.69) is 47.9 Å². The van der Waals surface area contributed by atoms with Crippen LogP contribution in [-0.2, 0) is 6.42 Å². The molecule has 3 aromatic rings. The molecule has 1 aliphatic carbocycles. The Morgan fingerprint density at radius 3 is 2.36 bits per heavy atom. The molecular weight excluding hydrogens is 345 g/mol. The molecule has 0 unspecified atom stereocenters. The molecule has 0 saturated carbocycles. The first-order valence-electron chi connectivity index (χ1n) is 10.2. The Morgan fingerprint density at radius 2 is 1.57 bits per heavy atom. The predicted octanol–water partition coefficient (Wildman–Crippen LogP) is 4.38. The van der Waals surface area contributed by atoms with Gasteiger partial charge in [0.2, 0.25) is 0 Å². The first kappa shape index (κ1) is 17.2. The molecule has 0 amide bonds. The van der Waals surface area contributed by atoms with Crippen LogP contribution in [0.25, 0.3) is 12.2 Å². The third-order valence-electron chi connectivity index (χ3n) is 6.03. The molecule has 0 atom stereocenters. The van der Waals surface area contributed by atoms with Crippen LogP contribution in [-0.4, -0.2) is 13.1 Å². The summed E-state index contributed by atoms with van der Waals surface area (Å²) in [7, 11) is 0. The van der Waals surface area contributed by atoms with Crippen molar-refractivity contribution in [2.45, 2.75) is 25.7 Å². The number of benzene rings is 3. The van der Waals surface area contributed by atoms with E-state index in [1.54, 1.807) is 12.1 Å². The number of halogens is 1. The molecule has 0 N–H and O–H groups in total. The Balaban J connectivity index is 1.70. The molecule has 2 aliphatic rings. The van der Waals surface area contributed by atoms with Crippen LogP contribution in [0.2, 0.25) is 0 Å². The van der Waals surface area contributed by atoms with E-state index in [4.69, 9.17) is 0 Å². The van der Waals surface area contributed by atoms with Gasteiger partial charge in [-0.2, -0.15) is 0 Å². The maximum atomic E-state index is 13.5. The van der Waals surface area contributed by atoms with Crippen LogP contribution >= 0.6 is 0 Å². The summed E-state index contributed by atoms with van der Waals surface area (Å²) in [6.45, 7) is 6.41. The predicted molar refractivity (Wildman–Crippen MR) is 115 cm³/mol. The van der Waals surface area contributed by atoms with Gasteiger partial charge in [-0.3, -0.25) is 0 Å². The van der Waals surface area contributed by atoms with Crippen molar-refractivity contribution in [2.24, 2.45) is 0 Å². The molecule has 1 saturated heterocycles. The first-order chi connectivity index (χ1) is 13.7. The number of anilines is 1. The van der Waals surface area contributed by atoms with Crippen molar-refractivity contribution in [3.8, 4) is 0 Å². The number of hydrogen-bond acceptors (Lipinski definition) is 1. The molecule has 0 radical (unpaired) electrons. The lowest BCUT2D eigenvalue weighted by molar-refractivity contribution is 0.577. The molecule has 0 aromatic heterocycles. The summed E-state index contributed by atoms with van der Waals surface area (Å²) in [4.78, 5) is 2.51. The molecule has 3 aromatic carbocycles. The van der Waals surface area contributed by atoms with Crippen molar-refractivity contribution >= 4 is 17.8 Å². The van der Waals surface area contributed by atoms with E-state index >= 15 is 0 Å². The van der Waals surface area contributed by atoms with Crippen molar-refractivity contribution in [1.29, 1.82) is 0 Å². The van der Waals surface area contributed by atoms with E-state index in [9.17, 15) is 4.39 Å². The van der Waals surface area contributed by atoms with Crippen molar-refractivity contribution < 1.29 is 4.39 Å². The zero-order valence-electron chi connectivity index (χ0n) is 16.0. The molecule has 1 fully saturated rings. The molecule has 0 bridgehead atoms. The van der Waals surface area contributed by atoms with Gasteiger partial charge in [0.15, 0.2) is 0 Å². The van der Waals surface area contributed by atoms with E-state index in [1.165, 1.54) is 52.4 Å². The first-order valence-corrected chi connectivity index (χ1v) is 10.2. The van der Waals surface area contributed by atoms with Gasteiger partial charge < -0.3 is 4.90 Å². The average Bonchev–Trinajstić information content (AvgIpc) is 2.73. The summed E-state index contributed by atoms with van der Waals surface area (Å²) < 4.78 is 13.5. The van der Waals surface area contributed by atoms with Gasteiger partial charge in [-0.25, -0.2) is 4.39 Å². The number of piperidine rings is 1. The average molecular weight is 369 g/mol. The van der Waals surface area contributed by atoms with Gasteiger partial charge in [-0.15, -0.1) is 0 Å². The number of hydrogen-bond donors (Lipinski definition) is 0. The SMILES string of the molecule is C=c1ccc2c(c1)Cc1cc(N3CCCCC3)ccc1C=2c1ccc(F)cc1. The monoisotopic (exact) mass is 369 g/mol. The van der Waals surface area contributed by atoms with Gasteiger partial charge in [-0.1, -0.05) is 43.0 Å². The molecule has 140 valence electrons. The van der Waals surface area contributed by atoms with E-state index in [0.717, 1.165) is 30.3 Å². The topological polar surface area (TPSA) is 3.24 Å². The lowest BCUT2D eigenvalue weighted by Crippen LogP contribution is -2.30. The second-order valence-electron chi connectivity index (χ2n) is 7.94. The Morgan fingerprint density at radius 1 is 0.786 bits per heavy atom. The lowest BCUT2D eigenvalue weighted by atomic mass is 9.83. The van der Waals surface area contributed by atoms with Crippen LogP contribution in [0.1, 0.15) is 41.5 Å². The van der Waals surface area contributed by atoms with Crippen molar-refractivity contribution in [3.05, 3.63) is 99.2 Å². The maximum Gasteiger partial charge on any atom is 0.123 e. The molecular formula is C26H24FN. The van der Waals surface area contributed by atoms with Crippen molar-refractivity contribution in [2.75, 3.05) is 18.0 Å². The number of nitrogens with zero attached hydrogens (tertiary/aromatic N) is 1. The molecule has 2 heteroatoms. The minimum Gasteiger partial charge on any atom is -0.372 e. The fraction of sp³-hybridized carbons (Fsp3) is 0.231. The highest BCUT2D eigenvalue weighted by molar-refractivity contribution is 5.84. The minimum absolute atomic E-state index is 0.200. The summed E-state index contributed by atoms with van der Waals surface area (Å²) in [5.41, 5.74) is 7.49. The van der Waals surface area contributed by atoms with E-state index in [1.807, 2.05) is 12.1 Å². The van der Waals surface area contributed by atoms with Crippen LogP contribution < -0.4 is 15.3 Å². The Kier molecular flexibility index (Phi) is 4.27. The molecule has 0 spiro atoms. The number of fused-ring (bicyclic) bond motifs is 2. The molecule has 1 aliphatic heterocycles. The van der Waals surface area contributed by atoms with Crippen LogP contribution in [0.15, 0.2) is 60.7 Å². The largest absolute Gasteiger partial charge is 0.372 e. The minimum atomic E-state index is -0.200. The molecule has 28 heavy (non-hydrogen) atoms. The highest BCUT2D eigenvalue weighted by Gasteiger charge is 2.20. The zero-order valence-corrected chi connectivity index (χ0v) is 16.0. The van der Waals surface area contributed by atoms with Crippen molar-refractivity contribution in [3.63, 3.8) is 0 Å². The fourth-order valence-electron chi connectivity index (χ4n) is 4.63. The Bertz CT molecular complexity index is 1140. The normalized spacial score (nSPS) is 15.9. The van der Waals surface area contributed by atoms with Gasteiger partial charge in [0, 0.05) is 18.8 Å². The van der Waals surface area contributed by atoms with E-state index in [-0.39, 0.29) is 5.82 Å². The van der Waals surface area contributed by atoms with Crippen molar-refractivity contribution in [1.82, 2.24) is 0 Å². The third kappa shape index (κ3) is 3.03. The van der Waals surface area contributed by atoms with E-state index < -0.39 is 0 Å². The van der Waals surface area contributed by atoms with Gasteiger partial charge >= 0.3 is 0 Å². The quantitative estimate of drug-likeness (QED) is 0.507. The van der Waals surface area contributed by atoms with Gasteiger partial charge in [-0.05, 0) is 88.2 Å². The van der Waals surface area contributed by atoms with Crippen LogP contribution in [0.5, 0.6) is 0 Å². The summed E-state index contributed by atoms with van der Waals surface area (Å²) >= 11 is 0. The van der Waals surface area contributed by atoms with E-state index in [0.29, 0.717) is 0 Å². The van der Waals surface area contributed by atoms with Gasteiger partial charge in [0.1, 0.15) is 5.82 Å². The summed E-state index contributed by atoms with van der Waals surface area (Å²) in [5.74, 6) is -0.200. The molecule has 1 heterocycles. The Labute approximate surface area is 165 Å². The zero-order chi connectivity index (χ0) is 19.1. The van der Waals surface area contributed by atoms with Crippen LogP contribution in [0.3, 0.4) is 0 Å². The fourth-order valence-corrected chi connectivity index (χ4v) is 4.63. The maximum absolute atomic E-state index is 13.5. The summed E-state index contributed by atoms with van der Waals surface area (Å²) in [6, 6.07) is 20.2. The third-order valence-corrected chi connectivity index (χ3v) is 6.03. The summed E-state index contributed by atoms with van der Waals surface area (Å²) in [6.07, 6.45) is 4.81. The highest BCUT2D eigenvalue weighted by atomic mass is 19.1. The lowest BCUT2D eigenvalue weighted by Gasteiger charge is -2.30. The molecule has 1 nitrogen and oxygen atoms in total.